The van der Waals surface area contributed by atoms with Crippen LogP contribution >= 0.6 is 22.9 Å². The summed E-state index contributed by atoms with van der Waals surface area (Å²) in [5.74, 6) is -1.81. The quantitative estimate of drug-likeness (QED) is 0.593. The first-order valence-electron chi connectivity index (χ1n) is 8.12. The van der Waals surface area contributed by atoms with Crippen LogP contribution in [0, 0.1) is 0 Å². The molecule has 0 bridgehead atoms. The van der Waals surface area contributed by atoms with Crippen molar-refractivity contribution in [2.24, 2.45) is 0 Å². The SMILES string of the molecule is O=C(O)C=CC(=O)OCCN1CCN(c2nc3ccc(Cl)cc3s2)CC1. The van der Waals surface area contributed by atoms with Crippen LogP contribution in [0.5, 0.6) is 0 Å². The summed E-state index contributed by atoms with van der Waals surface area (Å²) in [7, 11) is 0. The molecule has 0 spiro atoms. The number of rotatable bonds is 6. The van der Waals surface area contributed by atoms with Crippen molar-refractivity contribution < 1.29 is 19.4 Å². The van der Waals surface area contributed by atoms with Gasteiger partial charge in [0.15, 0.2) is 5.13 Å². The van der Waals surface area contributed by atoms with E-state index in [1.165, 1.54) is 0 Å². The molecule has 1 aromatic carbocycles. The maximum absolute atomic E-state index is 11.3. The second-order valence-electron chi connectivity index (χ2n) is 5.78. The number of benzene rings is 1. The van der Waals surface area contributed by atoms with Gasteiger partial charge in [-0.3, -0.25) is 4.90 Å². The highest BCUT2D eigenvalue weighted by Gasteiger charge is 2.20. The Morgan fingerprint density at radius 2 is 2.04 bits per heavy atom. The number of carboxylic acids is 1. The minimum Gasteiger partial charge on any atom is -0.478 e. The zero-order valence-corrected chi connectivity index (χ0v) is 15.5. The average Bonchev–Trinajstić information content (AvgIpc) is 3.03. The van der Waals surface area contributed by atoms with E-state index in [1.807, 2.05) is 18.2 Å². The van der Waals surface area contributed by atoms with Crippen LogP contribution in [0.4, 0.5) is 5.13 Å². The third-order valence-corrected chi connectivity index (χ3v) is 5.31. The van der Waals surface area contributed by atoms with Crippen LogP contribution in [0.1, 0.15) is 0 Å². The summed E-state index contributed by atoms with van der Waals surface area (Å²) in [4.78, 5) is 30.8. The highest BCUT2D eigenvalue weighted by Crippen LogP contribution is 2.31. The standard InChI is InChI=1S/C17H18ClN3O4S/c18-12-1-2-13-14(11-12)26-17(19-13)21-7-5-20(6-8-21)9-10-25-16(24)4-3-15(22)23/h1-4,11H,5-10H2,(H,22,23). The van der Waals surface area contributed by atoms with Crippen molar-refractivity contribution in [1.29, 1.82) is 0 Å². The molecule has 1 aliphatic rings. The number of carbonyl (C=O) groups excluding carboxylic acids is 1. The Balaban J connectivity index is 1.45. The Labute approximate surface area is 159 Å². The van der Waals surface area contributed by atoms with Crippen molar-refractivity contribution in [2.45, 2.75) is 0 Å². The zero-order chi connectivity index (χ0) is 18.5. The maximum Gasteiger partial charge on any atom is 0.331 e. The molecule has 0 atom stereocenters. The number of fused-ring (bicyclic) bond motifs is 1. The number of nitrogens with zero attached hydrogens (tertiary/aromatic N) is 3. The van der Waals surface area contributed by atoms with Crippen LogP contribution in [-0.4, -0.2) is 66.3 Å². The number of halogens is 1. The number of hydrogen-bond acceptors (Lipinski definition) is 7. The van der Waals surface area contributed by atoms with Gasteiger partial charge in [0.1, 0.15) is 6.61 Å². The van der Waals surface area contributed by atoms with Crippen LogP contribution in [0.25, 0.3) is 10.2 Å². The molecule has 2 heterocycles. The number of aliphatic carboxylic acids is 1. The molecule has 1 fully saturated rings. The van der Waals surface area contributed by atoms with Gasteiger partial charge in [-0.25, -0.2) is 14.6 Å². The average molecular weight is 396 g/mol. The van der Waals surface area contributed by atoms with Crippen LogP contribution < -0.4 is 4.90 Å². The lowest BCUT2D eigenvalue weighted by Crippen LogP contribution is -2.47. The minimum absolute atomic E-state index is 0.239. The molecule has 0 saturated carbocycles. The molecule has 7 nitrogen and oxygen atoms in total. The number of aromatic nitrogens is 1. The molecular formula is C17H18ClN3O4S. The normalized spacial score (nSPS) is 15.7. The van der Waals surface area contributed by atoms with Crippen LogP contribution in [0.3, 0.4) is 0 Å². The molecule has 0 unspecified atom stereocenters. The van der Waals surface area contributed by atoms with Gasteiger partial charge in [0, 0.05) is 49.9 Å². The number of thiazole rings is 1. The highest BCUT2D eigenvalue weighted by molar-refractivity contribution is 7.22. The van der Waals surface area contributed by atoms with E-state index in [9.17, 15) is 9.59 Å². The first kappa shape index (κ1) is 18.6. The molecular weight excluding hydrogens is 378 g/mol. The molecule has 3 rings (SSSR count). The number of anilines is 1. The Hall–Kier alpha value is -2.16. The smallest absolute Gasteiger partial charge is 0.331 e. The van der Waals surface area contributed by atoms with Gasteiger partial charge in [0.05, 0.1) is 10.2 Å². The van der Waals surface area contributed by atoms with E-state index in [-0.39, 0.29) is 6.61 Å². The third-order valence-electron chi connectivity index (χ3n) is 4.00. The largest absolute Gasteiger partial charge is 0.478 e. The lowest BCUT2D eigenvalue weighted by Gasteiger charge is -2.34. The maximum atomic E-state index is 11.3. The van der Waals surface area contributed by atoms with E-state index < -0.39 is 11.9 Å². The van der Waals surface area contributed by atoms with Crippen LogP contribution in [0.2, 0.25) is 5.02 Å². The second-order valence-corrected chi connectivity index (χ2v) is 7.22. The number of esters is 1. The first-order chi connectivity index (χ1) is 12.5. The number of piperazine rings is 1. The molecule has 1 saturated heterocycles. The van der Waals surface area contributed by atoms with Crippen molar-refractivity contribution in [3.8, 4) is 0 Å². The lowest BCUT2D eigenvalue weighted by molar-refractivity contribution is -0.139. The van der Waals surface area contributed by atoms with E-state index in [0.29, 0.717) is 11.6 Å². The van der Waals surface area contributed by atoms with Crippen LogP contribution in [-0.2, 0) is 14.3 Å². The topological polar surface area (TPSA) is 83.0 Å². The van der Waals surface area contributed by atoms with E-state index in [0.717, 1.165) is 53.7 Å². The van der Waals surface area contributed by atoms with E-state index in [4.69, 9.17) is 21.4 Å². The molecule has 0 radical (unpaired) electrons. The first-order valence-corrected chi connectivity index (χ1v) is 9.32. The highest BCUT2D eigenvalue weighted by atomic mass is 35.5. The lowest BCUT2D eigenvalue weighted by atomic mass is 10.3. The van der Waals surface area contributed by atoms with Gasteiger partial charge in [-0.15, -0.1) is 0 Å². The molecule has 138 valence electrons. The summed E-state index contributed by atoms with van der Waals surface area (Å²) < 4.78 is 6.07. The fourth-order valence-electron chi connectivity index (χ4n) is 2.65. The van der Waals surface area contributed by atoms with Gasteiger partial charge >= 0.3 is 11.9 Å². The molecule has 1 N–H and O–H groups in total. The summed E-state index contributed by atoms with van der Waals surface area (Å²) in [5.41, 5.74) is 0.957. The Morgan fingerprint density at radius 1 is 1.27 bits per heavy atom. The van der Waals surface area contributed by atoms with Gasteiger partial charge in [0.25, 0.3) is 0 Å². The second kappa shape index (κ2) is 8.48. The summed E-state index contributed by atoms with van der Waals surface area (Å²) in [6.07, 6.45) is 1.69. The van der Waals surface area contributed by atoms with Gasteiger partial charge in [-0.2, -0.15) is 0 Å². The Morgan fingerprint density at radius 3 is 2.77 bits per heavy atom. The molecule has 0 aliphatic carbocycles. The number of carbonyl (C=O) groups is 2. The molecule has 26 heavy (non-hydrogen) atoms. The van der Waals surface area contributed by atoms with Crippen molar-refractivity contribution >= 4 is 50.2 Å². The van der Waals surface area contributed by atoms with Crippen molar-refractivity contribution in [2.75, 3.05) is 44.2 Å². The summed E-state index contributed by atoms with van der Waals surface area (Å²) >= 11 is 7.66. The monoisotopic (exact) mass is 395 g/mol. The molecule has 0 amide bonds. The summed E-state index contributed by atoms with van der Waals surface area (Å²) in [6.45, 7) is 4.25. The van der Waals surface area contributed by atoms with Crippen molar-refractivity contribution in [1.82, 2.24) is 9.88 Å². The Bertz CT molecular complexity index is 831. The molecule has 1 aromatic heterocycles. The zero-order valence-electron chi connectivity index (χ0n) is 13.9. The molecule has 2 aromatic rings. The fourth-order valence-corrected chi connectivity index (χ4v) is 3.94. The van der Waals surface area contributed by atoms with Crippen LogP contribution in [0.15, 0.2) is 30.4 Å². The van der Waals surface area contributed by atoms with E-state index in [1.54, 1.807) is 11.3 Å². The number of hydrogen-bond donors (Lipinski definition) is 1. The fraction of sp³-hybridized carbons (Fsp3) is 0.353. The summed E-state index contributed by atoms with van der Waals surface area (Å²) in [6, 6.07) is 5.71. The third kappa shape index (κ3) is 4.94. The molecule has 9 heteroatoms. The van der Waals surface area contributed by atoms with Crippen molar-refractivity contribution in [3.63, 3.8) is 0 Å². The Kier molecular flexibility index (Phi) is 6.08. The van der Waals surface area contributed by atoms with E-state index in [2.05, 4.69) is 14.8 Å². The van der Waals surface area contributed by atoms with Gasteiger partial charge in [0.2, 0.25) is 0 Å². The van der Waals surface area contributed by atoms with Gasteiger partial charge < -0.3 is 14.7 Å². The van der Waals surface area contributed by atoms with Crippen molar-refractivity contribution in [3.05, 3.63) is 35.4 Å². The predicted molar refractivity (Wildman–Crippen MR) is 101 cm³/mol. The van der Waals surface area contributed by atoms with E-state index >= 15 is 0 Å². The minimum atomic E-state index is -1.17. The summed E-state index contributed by atoms with van der Waals surface area (Å²) in [5, 5.41) is 10.2. The number of ether oxygens (including phenoxy) is 1. The predicted octanol–water partition coefficient (Wildman–Crippen LogP) is 2.26. The number of carboxylic acid groups (broad SMARTS) is 1. The van der Waals surface area contributed by atoms with Gasteiger partial charge in [-0.1, -0.05) is 22.9 Å². The molecule has 1 aliphatic heterocycles. The van der Waals surface area contributed by atoms with Gasteiger partial charge in [-0.05, 0) is 18.2 Å².